The van der Waals surface area contributed by atoms with Gasteiger partial charge >= 0.3 is 0 Å². The average molecular weight is 450 g/mol. The van der Waals surface area contributed by atoms with Crippen LogP contribution < -0.4 is 19.6 Å². The molecular weight excluding hydrogens is 428 g/mol. The van der Waals surface area contributed by atoms with Crippen LogP contribution in [-0.4, -0.2) is 70.5 Å². The molecule has 11 heteroatoms. The van der Waals surface area contributed by atoms with Gasteiger partial charge in [0, 0.05) is 12.1 Å². The Morgan fingerprint density at radius 2 is 1.62 bits per heavy atom. The number of phenolic OH excluding ortho intramolecular Hbond substituents is 2. The minimum absolute atomic E-state index is 0.0179. The molecule has 0 radical (unpaired) electrons. The Kier molecular flexibility index (Phi) is 5.51. The normalized spacial score (nSPS) is 25.8. The number of aliphatic hydroxyl groups is 3. The number of phenols is 2. The maximum Gasteiger partial charge on any atom is 0.229 e. The Bertz CT molecular complexity index is 1230. The summed E-state index contributed by atoms with van der Waals surface area (Å²) in [5, 5.41) is 50.3. The first kappa shape index (κ1) is 22.0. The highest BCUT2D eigenvalue weighted by atomic mass is 16.7. The van der Waals surface area contributed by atoms with Crippen molar-refractivity contribution in [3.63, 3.8) is 0 Å². The van der Waals surface area contributed by atoms with Gasteiger partial charge in [-0.15, -0.1) is 0 Å². The van der Waals surface area contributed by atoms with Gasteiger partial charge in [-0.25, -0.2) is 0 Å². The van der Waals surface area contributed by atoms with E-state index in [0.717, 1.165) is 6.07 Å². The lowest BCUT2D eigenvalue weighted by Crippen LogP contribution is -2.58. The Hall–Kier alpha value is -3.25. The molecule has 1 aliphatic heterocycles. The van der Waals surface area contributed by atoms with E-state index in [-0.39, 0.29) is 39.2 Å². The van der Waals surface area contributed by atoms with Crippen LogP contribution in [0.2, 0.25) is 0 Å². The summed E-state index contributed by atoms with van der Waals surface area (Å²) < 4.78 is 27.0. The highest BCUT2D eigenvalue weighted by molar-refractivity contribution is 5.96. The molecule has 172 valence electrons. The minimum Gasteiger partial charge on any atom is -0.504 e. The molecule has 0 amide bonds. The summed E-state index contributed by atoms with van der Waals surface area (Å²) >= 11 is 0. The molecule has 5 unspecified atom stereocenters. The van der Waals surface area contributed by atoms with E-state index in [1.165, 1.54) is 33.3 Å². The maximum absolute atomic E-state index is 13.1. The molecule has 0 aliphatic carbocycles. The SMILES string of the molecule is COc1cc2c(=O)c3c(O)c(OC)c(O)cc3oc2cc1OC1OC(C)C(O)C(O)C1O. The molecule has 1 aliphatic rings. The van der Waals surface area contributed by atoms with E-state index in [9.17, 15) is 30.3 Å². The van der Waals surface area contributed by atoms with Gasteiger partial charge in [-0.05, 0) is 13.0 Å². The first-order valence-electron chi connectivity index (χ1n) is 9.61. The van der Waals surface area contributed by atoms with Gasteiger partial charge in [0.05, 0.1) is 25.7 Å². The van der Waals surface area contributed by atoms with Crippen LogP contribution in [0.3, 0.4) is 0 Å². The zero-order valence-corrected chi connectivity index (χ0v) is 17.3. The lowest BCUT2D eigenvalue weighted by atomic mass is 10.00. The third kappa shape index (κ3) is 3.35. The summed E-state index contributed by atoms with van der Waals surface area (Å²) in [6, 6.07) is 3.76. The van der Waals surface area contributed by atoms with E-state index < -0.39 is 47.6 Å². The van der Waals surface area contributed by atoms with E-state index in [1.807, 2.05) is 0 Å². The summed E-state index contributed by atoms with van der Waals surface area (Å²) in [6.45, 7) is 1.51. The zero-order valence-electron chi connectivity index (χ0n) is 17.3. The number of rotatable bonds is 4. The van der Waals surface area contributed by atoms with E-state index in [1.54, 1.807) is 0 Å². The molecule has 0 spiro atoms. The van der Waals surface area contributed by atoms with Crippen LogP contribution in [0.1, 0.15) is 6.92 Å². The molecule has 2 heterocycles. The van der Waals surface area contributed by atoms with Gasteiger partial charge in [0.25, 0.3) is 0 Å². The van der Waals surface area contributed by atoms with Gasteiger partial charge in [0.15, 0.2) is 23.0 Å². The van der Waals surface area contributed by atoms with Gasteiger partial charge < -0.3 is 48.9 Å². The van der Waals surface area contributed by atoms with Crippen molar-refractivity contribution >= 4 is 21.9 Å². The summed E-state index contributed by atoms with van der Waals surface area (Å²) in [7, 11) is 2.56. The third-order valence-electron chi connectivity index (χ3n) is 5.41. The number of methoxy groups -OCH3 is 2. The molecule has 5 N–H and O–H groups in total. The van der Waals surface area contributed by atoms with E-state index in [0.29, 0.717) is 0 Å². The zero-order chi connectivity index (χ0) is 23.3. The van der Waals surface area contributed by atoms with Crippen molar-refractivity contribution in [2.75, 3.05) is 14.2 Å². The van der Waals surface area contributed by atoms with E-state index in [4.69, 9.17) is 23.4 Å². The van der Waals surface area contributed by atoms with Crippen LogP contribution in [0, 0.1) is 0 Å². The number of hydrogen-bond acceptors (Lipinski definition) is 11. The van der Waals surface area contributed by atoms with Crippen molar-refractivity contribution in [1.29, 1.82) is 0 Å². The van der Waals surface area contributed by atoms with Crippen molar-refractivity contribution < 1.29 is 48.9 Å². The maximum atomic E-state index is 13.1. The number of aromatic hydroxyl groups is 2. The number of ether oxygens (including phenoxy) is 4. The van der Waals surface area contributed by atoms with E-state index in [2.05, 4.69) is 0 Å². The molecule has 1 fully saturated rings. The Balaban J connectivity index is 1.85. The third-order valence-corrected chi connectivity index (χ3v) is 5.41. The van der Waals surface area contributed by atoms with Gasteiger partial charge in [0.2, 0.25) is 17.5 Å². The standard InChI is InChI=1S/C21H22O11/c1-7-15(23)18(26)19(27)21(30-7)32-12-6-10-8(4-11(12)28-2)16(24)14-13(31-10)5-9(22)20(29-3)17(14)25/h4-7,15,18-19,21-23,25-27H,1-3H3. The molecule has 5 atom stereocenters. The number of hydrogen-bond donors (Lipinski definition) is 5. The molecule has 11 nitrogen and oxygen atoms in total. The molecule has 0 bridgehead atoms. The fourth-order valence-electron chi connectivity index (χ4n) is 3.66. The molecule has 3 aromatic rings. The molecule has 4 rings (SSSR count). The second-order valence-corrected chi connectivity index (χ2v) is 7.38. The van der Waals surface area contributed by atoms with Crippen molar-refractivity contribution in [1.82, 2.24) is 0 Å². The van der Waals surface area contributed by atoms with Gasteiger partial charge in [-0.1, -0.05) is 0 Å². The number of fused-ring (bicyclic) bond motifs is 2. The highest BCUT2D eigenvalue weighted by Gasteiger charge is 2.43. The minimum atomic E-state index is -1.56. The lowest BCUT2D eigenvalue weighted by molar-refractivity contribution is -0.268. The lowest BCUT2D eigenvalue weighted by Gasteiger charge is -2.39. The number of aliphatic hydroxyl groups excluding tert-OH is 3. The van der Waals surface area contributed by atoms with Crippen molar-refractivity contribution in [2.45, 2.75) is 37.6 Å². The van der Waals surface area contributed by atoms with Crippen LogP contribution in [0.5, 0.6) is 28.7 Å². The Morgan fingerprint density at radius 1 is 0.906 bits per heavy atom. The van der Waals surface area contributed by atoms with Crippen molar-refractivity contribution in [3.05, 3.63) is 28.4 Å². The highest BCUT2D eigenvalue weighted by Crippen LogP contribution is 2.42. The van der Waals surface area contributed by atoms with Crippen LogP contribution in [0.15, 0.2) is 27.4 Å². The molecule has 1 aromatic heterocycles. The number of benzene rings is 2. The first-order valence-corrected chi connectivity index (χ1v) is 9.61. The summed E-state index contributed by atoms with van der Waals surface area (Å²) in [5.41, 5.74) is -0.681. The predicted molar refractivity (Wildman–Crippen MR) is 109 cm³/mol. The summed E-state index contributed by atoms with van der Waals surface area (Å²) in [5.74, 6) is -1.17. The summed E-state index contributed by atoms with van der Waals surface area (Å²) in [6.07, 6.45) is -6.54. The van der Waals surface area contributed by atoms with Crippen LogP contribution in [-0.2, 0) is 4.74 Å². The Labute approximate surface area is 180 Å². The predicted octanol–water partition coefficient (Wildman–Crippen LogP) is 0.581. The second kappa shape index (κ2) is 8.02. The van der Waals surface area contributed by atoms with Crippen LogP contribution in [0.4, 0.5) is 0 Å². The molecule has 0 saturated carbocycles. The average Bonchev–Trinajstić information content (AvgIpc) is 2.75. The second-order valence-electron chi connectivity index (χ2n) is 7.38. The smallest absolute Gasteiger partial charge is 0.229 e. The van der Waals surface area contributed by atoms with Crippen LogP contribution >= 0.6 is 0 Å². The Morgan fingerprint density at radius 3 is 2.28 bits per heavy atom. The van der Waals surface area contributed by atoms with Gasteiger partial charge in [-0.3, -0.25) is 4.79 Å². The van der Waals surface area contributed by atoms with Gasteiger partial charge in [-0.2, -0.15) is 0 Å². The van der Waals surface area contributed by atoms with Crippen molar-refractivity contribution in [3.8, 4) is 28.7 Å². The summed E-state index contributed by atoms with van der Waals surface area (Å²) in [4.78, 5) is 13.1. The van der Waals surface area contributed by atoms with E-state index >= 15 is 0 Å². The van der Waals surface area contributed by atoms with Crippen molar-refractivity contribution in [2.24, 2.45) is 0 Å². The first-order chi connectivity index (χ1) is 15.2. The molecule has 1 saturated heterocycles. The molecule has 2 aromatic carbocycles. The molecule has 32 heavy (non-hydrogen) atoms. The fraction of sp³-hybridized carbons (Fsp3) is 0.381. The monoisotopic (exact) mass is 450 g/mol. The largest absolute Gasteiger partial charge is 0.504 e. The molecular formula is C21H22O11. The quantitative estimate of drug-likeness (QED) is 0.353. The van der Waals surface area contributed by atoms with Gasteiger partial charge in [0.1, 0.15) is 34.9 Å². The van der Waals surface area contributed by atoms with Crippen LogP contribution in [0.25, 0.3) is 21.9 Å². The topological polar surface area (TPSA) is 168 Å². The fourth-order valence-corrected chi connectivity index (χ4v) is 3.66.